The van der Waals surface area contributed by atoms with E-state index in [9.17, 15) is 67.4 Å². The third-order valence-corrected chi connectivity index (χ3v) is 20.3. The van der Waals surface area contributed by atoms with Crippen molar-refractivity contribution in [1.82, 2.24) is 78.3 Å². The van der Waals surface area contributed by atoms with E-state index < -0.39 is 211 Å². The van der Waals surface area contributed by atoms with E-state index in [2.05, 4.69) is 68.5 Å². The average molecular weight is 1620 g/mol. The number of aromatic amines is 1. The molecule has 117 heavy (non-hydrogen) atoms. The first-order valence-corrected chi connectivity index (χ1v) is 39.3. The number of carboxylic acids is 1. The molecule has 7 rings (SSSR count). The van der Waals surface area contributed by atoms with Crippen LogP contribution in [0, 0.1) is 11.8 Å². The van der Waals surface area contributed by atoms with Gasteiger partial charge in [-0.05, 0) is 100 Å². The molecule has 2 saturated heterocycles. The molecule has 1 aromatic heterocycles. The molecular formula is C82H111N17O18. The maximum Gasteiger partial charge on any atom is 0.326 e. The first-order valence-electron chi connectivity index (χ1n) is 39.3. The second-order valence-corrected chi connectivity index (χ2v) is 29.7. The maximum absolute atomic E-state index is 15.4. The second-order valence-electron chi connectivity index (χ2n) is 29.7. The number of imidazole rings is 1. The quantitative estimate of drug-likeness (QED) is 0.0237. The van der Waals surface area contributed by atoms with Crippen molar-refractivity contribution in [2.24, 2.45) is 23.3 Å². The van der Waals surface area contributed by atoms with Crippen LogP contribution in [-0.2, 0) is 114 Å². The highest BCUT2D eigenvalue weighted by molar-refractivity contribution is 6.00. The van der Waals surface area contributed by atoms with Crippen LogP contribution in [-0.4, -0.2) is 224 Å². The number of likely N-dealkylation sites (tertiary alicyclic amines) is 2. The number of carboxylic acid groups (broad SMARTS) is 1. The minimum absolute atomic E-state index is 0.0142. The number of ether oxygens (including phenoxy) is 2. The van der Waals surface area contributed by atoms with Gasteiger partial charge in [-0.3, -0.25) is 67.1 Å². The molecule has 0 aliphatic carbocycles. The number of amides is 14. The molecule has 0 unspecified atom stereocenters. The Bertz CT molecular complexity index is 4190. The molecule has 3 heterocycles. The van der Waals surface area contributed by atoms with Gasteiger partial charge >= 0.3 is 5.97 Å². The van der Waals surface area contributed by atoms with Crippen molar-refractivity contribution >= 4 is 88.7 Å². The number of nitrogens with zero attached hydrogens (tertiary/aromatic N) is 3. The number of hydrogen-bond acceptors (Lipinski definition) is 19. The minimum Gasteiger partial charge on any atom is -0.480 e. The fraction of sp³-hybridized carbons (Fsp3) is 0.488. The first-order chi connectivity index (χ1) is 55.8. The number of primary amides is 1. The van der Waals surface area contributed by atoms with Crippen molar-refractivity contribution in [2.45, 2.75) is 218 Å². The van der Waals surface area contributed by atoms with E-state index in [1.165, 1.54) is 36.9 Å². The van der Waals surface area contributed by atoms with Crippen LogP contribution in [0.4, 0.5) is 0 Å². The van der Waals surface area contributed by atoms with E-state index in [4.69, 9.17) is 20.9 Å². The molecule has 2 fully saturated rings. The SMILES string of the molecule is CC[C@H](C)[C@H](NC(=O)[C@H](C)NC(=O)[C@@H](NC(=O)[C@H](CCC(N)=O)NC(=O)[C@@H]1CCCN1C(=O)[C@H](Cc1ccccc1)NC(=O)[C@@H](NC(=O)[C@H](Cc1c[nH]cn1)NC(=O)[C@@H](N)Cc1ccccc1)[C@@H](C)OCc1ccccc1)[C@@H](C)OCc1ccccc1)C(=O)NCC(=O)N[C@H](C(=O)NCC(=O)N[C@@H](C)C(=O)N1CCC[C@H]1C(=O)O)C(C)C. The summed E-state index contributed by atoms with van der Waals surface area (Å²) in [5.74, 6) is -13.8. The number of nitrogens with one attached hydrogen (secondary N) is 12. The lowest BCUT2D eigenvalue weighted by molar-refractivity contribution is -0.149. The maximum atomic E-state index is 15.4. The number of nitrogens with two attached hydrogens (primary N) is 2. The monoisotopic (exact) mass is 1620 g/mol. The number of benzene rings is 4. The number of aliphatic carboxylic acids is 1. The number of carbonyl (C=O) groups excluding carboxylic acids is 14. The van der Waals surface area contributed by atoms with Gasteiger partial charge in [0.1, 0.15) is 66.5 Å². The van der Waals surface area contributed by atoms with Crippen LogP contribution in [0.1, 0.15) is 128 Å². The number of hydrogen-bond donors (Lipinski definition) is 15. The van der Waals surface area contributed by atoms with Crippen molar-refractivity contribution in [3.05, 3.63) is 162 Å². The molecule has 0 spiro atoms. The van der Waals surface area contributed by atoms with E-state index in [-0.39, 0.29) is 64.8 Å². The zero-order valence-corrected chi connectivity index (χ0v) is 67.1. The molecule has 4 aromatic carbocycles. The molecule has 35 nitrogen and oxygen atoms in total. The predicted molar refractivity (Wildman–Crippen MR) is 427 cm³/mol. The van der Waals surface area contributed by atoms with Crippen molar-refractivity contribution in [3.8, 4) is 0 Å². The molecule has 2 aliphatic heterocycles. The Balaban J connectivity index is 1.04. The average Bonchev–Trinajstić information content (AvgIpc) is 1.77. The van der Waals surface area contributed by atoms with Gasteiger partial charge in [-0.15, -0.1) is 0 Å². The number of carbonyl (C=O) groups is 15. The van der Waals surface area contributed by atoms with E-state index in [0.717, 1.165) is 11.1 Å². The normalized spacial score (nSPS) is 17.1. The summed E-state index contributed by atoms with van der Waals surface area (Å²) in [7, 11) is 0. The summed E-state index contributed by atoms with van der Waals surface area (Å²) < 4.78 is 12.4. The summed E-state index contributed by atoms with van der Waals surface area (Å²) in [5.41, 5.74) is 15.2. The van der Waals surface area contributed by atoms with Crippen LogP contribution >= 0.6 is 0 Å². The van der Waals surface area contributed by atoms with Crippen molar-refractivity contribution in [1.29, 1.82) is 0 Å². The molecule has 0 radical (unpaired) electrons. The molecule has 0 bridgehead atoms. The highest BCUT2D eigenvalue weighted by Gasteiger charge is 2.43. The van der Waals surface area contributed by atoms with Crippen molar-refractivity contribution in [2.75, 3.05) is 26.2 Å². The molecule has 2 aliphatic rings. The lowest BCUT2D eigenvalue weighted by Gasteiger charge is -2.32. The number of rotatable bonds is 45. The molecule has 14 amide bonds. The lowest BCUT2D eigenvalue weighted by atomic mass is 9.98. The summed E-state index contributed by atoms with van der Waals surface area (Å²) >= 11 is 0. The first kappa shape index (κ1) is 92.2. The lowest BCUT2D eigenvalue weighted by Crippen LogP contribution is -2.62. The Morgan fingerprint density at radius 3 is 1.46 bits per heavy atom. The Hall–Kier alpha value is -12.0. The van der Waals surface area contributed by atoms with Crippen molar-refractivity contribution in [3.63, 3.8) is 0 Å². The third kappa shape index (κ3) is 28.8. The van der Waals surface area contributed by atoms with Gasteiger partial charge in [0.25, 0.3) is 0 Å². The Kier molecular flexibility index (Phi) is 36.2. The highest BCUT2D eigenvalue weighted by Crippen LogP contribution is 2.23. The number of aromatic nitrogens is 2. The number of H-pyrrole nitrogens is 1. The fourth-order valence-corrected chi connectivity index (χ4v) is 13.3. The van der Waals surface area contributed by atoms with Crippen LogP contribution in [0.5, 0.6) is 0 Å². The predicted octanol–water partition coefficient (Wildman–Crippen LogP) is -0.355. The van der Waals surface area contributed by atoms with E-state index in [0.29, 0.717) is 29.7 Å². The van der Waals surface area contributed by atoms with Gasteiger partial charge in [-0.2, -0.15) is 0 Å². The molecule has 35 heteroatoms. The zero-order valence-electron chi connectivity index (χ0n) is 67.1. The molecular weight excluding hydrogens is 1510 g/mol. The molecule has 0 saturated carbocycles. The van der Waals surface area contributed by atoms with E-state index in [1.807, 2.05) is 24.3 Å². The van der Waals surface area contributed by atoms with Crippen LogP contribution in [0.2, 0.25) is 0 Å². The highest BCUT2D eigenvalue weighted by atomic mass is 16.5. The second kappa shape index (κ2) is 45.9. The van der Waals surface area contributed by atoms with Crippen LogP contribution in [0.15, 0.2) is 134 Å². The molecule has 17 N–H and O–H groups in total. The summed E-state index contributed by atoms with van der Waals surface area (Å²) in [6.07, 6.45) is 0.995. The largest absolute Gasteiger partial charge is 0.480 e. The Morgan fingerprint density at radius 2 is 0.957 bits per heavy atom. The smallest absolute Gasteiger partial charge is 0.326 e. The van der Waals surface area contributed by atoms with Gasteiger partial charge in [-0.1, -0.05) is 155 Å². The van der Waals surface area contributed by atoms with Gasteiger partial charge in [0, 0.05) is 38.5 Å². The van der Waals surface area contributed by atoms with Crippen molar-refractivity contribution < 1.29 is 86.5 Å². The summed E-state index contributed by atoms with van der Waals surface area (Å²) in [5, 5.41) is 38.3. The van der Waals surface area contributed by atoms with Gasteiger partial charge in [0.15, 0.2) is 0 Å². The molecule has 632 valence electrons. The van der Waals surface area contributed by atoms with Crippen LogP contribution in [0.3, 0.4) is 0 Å². The molecule has 15 atom stereocenters. The van der Waals surface area contributed by atoms with E-state index in [1.54, 1.807) is 138 Å². The standard InChI is InChI=1S/C82H111N17O18/c1-9-48(4)68(77(109)87-43-66(102)94-67(47(2)3)76(108)86-42-65(101)89-50(6)80(112)99-37-23-33-63(99)82(114)115)95-71(103)49(5)90-78(110)69(51(7)116-44-55-28-18-12-19-29-55)96-73(105)59(34-35-64(84)100)91-75(107)62-32-22-36-98(62)81(113)61(39-54-26-16-11-17-27-54)93-79(111)70(52(8)117-45-56-30-20-13-21-31-56)97-74(106)60(40-57-41-85-46-88-57)92-72(104)58(83)38-53-24-14-10-15-25-53/h10-21,24-31,41,46-52,58-63,67-70H,9,22-23,32-40,42-45,83H2,1-8H3,(H2,84,100)(H,85,88)(H,86,108)(H,87,109)(H,89,101)(H,90,110)(H,91,107)(H,92,104)(H,93,111)(H,94,102)(H,95,103)(H,96,105)(H,97,106)(H,114,115)/t48-,49-,50-,51+,52+,58-,59-,60-,61-,62-,63-,67-,68-,69-,70-/m0/s1. The minimum atomic E-state index is -1.66. The Labute approximate surface area is 679 Å². The third-order valence-electron chi connectivity index (χ3n) is 20.3. The zero-order chi connectivity index (χ0) is 85.4. The van der Waals surface area contributed by atoms with Crippen LogP contribution < -0.4 is 70.0 Å². The van der Waals surface area contributed by atoms with Gasteiger partial charge in [0.2, 0.25) is 82.7 Å². The van der Waals surface area contributed by atoms with Gasteiger partial charge < -0.3 is 99.3 Å². The summed E-state index contributed by atoms with van der Waals surface area (Å²) in [6.45, 7) is 11.2. The Morgan fingerprint density at radius 1 is 0.487 bits per heavy atom. The van der Waals surface area contributed by atoms with E-state index >= 15 is 9.59 Å². The van der Waals surface area contributed by atoms with Gasteiger partial charge in [-0.25, -0.2) is 9.78 Å². The van der Waals surface area contributed by atoms with Crippen LogP contribution in [0.25, 0.3) is 0 Å². The topological polar surface area (TPSA) is 514 Å². The summed E-state index contributed by atoms with van der Waals surface area (Å²) in [6, 6.07) is 19.4. The summed E-state index contributed by atoms with van der Waals surface area (Å²) in [4.78, 5) is 218. The molecule has 5 aromatic rings. The fourth-order valence-electron chi connectivity index (χ4n) is 13.3. The van der Waals surface area contributed by atoms with Gasteiger partial charge in [0.05, 0.1) is 56.6 Å².